The van der Waals surface area contributed by atoms with Crippen molar-refractivity contribution in [1.29, 1.82) is 0 Å². The average Bonchev–Trinajstić information content (AvgIpc) is 3.35. The largest absolute Gasteiger partial charge is 0.497 e. The van der Waals surface area contributed by atoms with Crippen LogP contribution in [-0.2, 0) is 19.6 Å². The van der Waals surface area contributed by atoms with Gasteiger partial charge in [-0.1, -0.05) is 12.1 Å². The molecule has 1 amide bonds. The first kappa shape index (κ1) is 24.7. The number of hydrogen-bond acceptors (Lipinski definition) is 6. The quantitative estimate of drug-likeness (QED) is 0.556. The van der Waals surface area contributed by atoms with Crippen molar-refractivity contribution in [3.05, 3.63) is 59.4 Å². The summed E-state index contributed by atoms with van der Waals surface area (Å²) in [7, 11) is -2.55. The van der Waals surface area contributed by atoms with Crippen LogP contribution < -0.4 is 10.1 Å². The average molecular weight is 479 g/mol. The summed E-state index contributed by atoms with van der Waals surface area (Å²) in [5.74, 6) is -1.54. The van der Waals surface area contributed by atoms with Gasteiger partial charge in [-0.15, -0.1) is 0 Å². The predicted octanol–water partition coefficient (Wildman–Crippen LogP) is 3.04. The number of sulfonamides is 1. The molecular weight excluding hydrogens is 451 g/mol. The van der Waals surface area contributed by atoms with E-state index in [1.807, 2.05) is 0 Å². The number of nitrogens with one attached hydrogen (secondary N) is 1. The van der Waals surface area contributed by atoms with Crippen LogP contribution in [0.25, 0.3) is 0 Å². The summed E-state index contributed by atoms with van der Waals surface area (Å²) >= 11 is 0. The van der Waals surface area contributed by atoms with Crippen LogP contribution in [0.15, 0.2) is 47.4 Å². The summed E-state index contributed by atoms with van der Waals surface area (Å²) < 4.78 is 51.6. The van der Waals surface area contributed by atoms with Gasteiger partial charge in [-0.2, -0.15) is 4.31 Å². The second-order valence-corrected chi connectivity index (χ2v) is 9.47. The number of halogens is 1. The van der Waals surface area contributed by atoms with Crippen molar-refractivity contribution in [2.24, 2.45) is 0 Å². The molecule has 1 aliphatic heterocycles. The third-order valence-corrected chi connectivity index (χ3v) is 7.27. The number of nitrogens with zero attached hydrogens (tertiary/aromatic N) is 1. The molecule has 2 aromatic rings. The molecule has 0 spiro atoms. The van der Waals surface area contributed by atoms with Crippen LogP contribution in [0.5, 0.6) is 5.75 Å². The van der Waals surface area contributed by atoms with E-state index < -0.39 is 38.7 Å². The molecule has 178 valence electrons. The van der Waals surface area contributed by atoms with Crippen LogP contribution in [0.3, 0.4) is 0 Å². The molecule has 0 radical (unpaired) electrons. The number of carbonyl (C=O) groups is 2. The van der Waals surface area contributed by atoms with Crippen molar-refractivity contribution < 1.29 is 31.9 Å². The fraction of sp³-hybridized carbons (Fsp3) is 0.391. The van der Waals surface area contributed by atoms with Gasteiger partial charge in [-0.05, 0) is 55.7 Å². The van der Waals surface area contributed by atoms with E-state index in [0.29, 0.717) is 37.2 Å². The summed E-state index contributed by atoms with van der Waals surface area (Å²) in [6, 6.07) is 9.28. The van der Waals surface area contributed by atoms with E-state index in [-0.39, 0.29) is 18.6 Å². The standard InChI is InChI=1S/C23H27FN2O6S/c1-3-32-22(27)15-20(16-7-6-8-18(13-16)31-2)25-23(28)17-9-10-19(24)21(14-17)33(29,30)26-11-4-5-12-26/h6-10,13-14,20H,3-5,11-12,15H2,1-2H3,(H,25,28). The third kappa shape index (κ3) is 5.88. The maximum absolute atomic E-state index is 14.4. The van der Waals surface area contributed by atoms with Crippen LogP contribution >= 0.6 is 0 Å². The number of amides is 1. The number of ether oxygens (including phenoxy) is 2. The first-order valence-corrected chi connectivity index (χ1v) is 12.1. The van der Waals surface area contributed by atoms with Gasteiger partial charge in [0.25, 0.3) is 5.91 Å². The van der Waals surface area contributed by atoms with Gasteiger partial charge >= 0.3 is 5.97 Å². The highest BCUT2D eigenvalue weighted by atomic mass is 32.2. The summed E-state index contributed by atoms with van der Waals surface area (Å²) in [5, 5.41) is 2.73. The minimum atomic E-state index is -4.05. The Morgan fingerprint density at radius 2 is 1.88 bits per heavy atom. The Hall–Kier alpha value is -2.98. The molecule has 10 heteroatoms. The van der Waals surface area contributed by atoms with Gasteiger partial charge in [0.1, 0.15) is 16.5 Å². The van der Waals surface area contributed by atoms with E-state index >= 15 is 0 Å². The molecule has 1 atom stereocenters. The fourth-order valence-corrected chi connectivity index (χ4v) is 5.26. The highest BCUT2D eigenvalue weighted by Crippen LogP contribution is 2.26. The zero-order valence-electron chi connectivity index (χ0n) is 18.5. The molecule has 3 rings (SSSR count). The van der Waals surface area contributed by atoms with E-state index in [0.717, 1.165) is 12.1 Å². The lowest BCUT2D eigenvalue weighted by Crippen LogP contribution is -2.32. The predicted molar refractivity (Wildman–Crippen MR) is 119 cm³/mol. The first-order chi connectivity index (χ1) is 15.8. The van der Waals surface area contributed by atoms with E-state index in [4.69, 9.17) is 9.47 Å². The molecule has 1 unspecified atom stereocenters. The van der Waals surface area contributed by atoms with Crippen molar-refractivity contribution in [2.75, 3.05) is 26.8 Å². The smallest absolute Gasteiger partial charge is 0.308 e. The number of hydrogen-bond donors (Lipinski definition) is 1. The van der Waals surface area contributed by atoms with Gasteiger partial charge in [0.2, 0.25) is 10.0 Å². The lowest BCUT2D eigenvalue weighted by molar-refractivity contribution is -0.143. The number of benzene rings is 2. The number of rotatable bonds is 9. The second-order valence-electron chi connectivity index (χ2n) is 7.57. The van der Waals surface area contributed by atoms with Crippen molar-refractivity contribution in [2.45, 2.75) is 37.1 Å². The molecule has 1 aliphatic rings. The van der Waals surface area contributed by atoms with E-state index in [1.165, 1.54) is 17.5 Å². The Morgan fingerprint density at radius 1 is 1.15 bits per heavy atom. The van der Waals surface area contributed by atoms with Crippen LogP contribution in [0.4, 0.5) is 4.39 Å². The van der Waals surface area contributed by atoms with Crippen molar-refractivity contribution >= 4 is 21.9 Å². The summed E-state index contributed by atoms with van der Waals surface area (Å²) in [6.45, 7) is 2.50. The molecule has 0 aromatic heterocycles. The van der Waals surface area contributed by atoms with Gasteiger partial charge < -0.3 is 14.8 Å². The van der Waals surface area contributed by atoms with Crippen molar-refractivity contribution in [1.82, 2.24) is 9.62 Å². The normalized spacial score (nSPS) is 15.1. The van der Waals surface area contributed by atoms with Gasteiger partial charge in [-0.3, -0.25) is 9.59 Å². The molecule has 1 heterocycles. The fourth-order valence-electron chi connectivity index (χ4n) is 3.65. The molecule has 0 saturated carbocycles. The van der Waals surface area contributed by atoms with Crippen LogP contribution in [0, 0.1) is 5.82 Å². The zero-order valence-corrected chi connectivity index (χ0v) is 19.4. The minimum absolute atomic E-state index is 0.0362. The number of methoxy groups -OCH3 is 1. The summed E-state index contributed by atoms with van der Waals surface area (Å²) in [6.07, 6.45) is 1.26. The molecule has 0 bridgehead atoms. The third-order valence-electron chi connectivity index (χ3n) is 5.35. The Labute approximate surface area is 192 Å². The minimum Gasteiger partial charge on any atom is -0.497 e. The lowest BCUT2D eigenvalue weighted by Gasteiger charge is -2.20. The highest BCUT2D eigenvalue weighted by molar-refractivity contribution is 7.89. The SMILES string of the molecule is CCOC(=O)CC(NC(=O)c1ccc(F)c(S(=O)(=O)N2CCCC2)c1)c1cccc(OC)c1. The molecule has 33 heavy (non-hydrogen) atoms. The Balaban J connectivity index is 1.89. The summed E-state index contributed by atoms with van der Waals surface area (Å²) in [5.41, 5.74) is 0.564. The van der Waals surface area contributed by atoms with E-state index in [2.05, 4.69) is 5.32 Å². The van der Waals surface area contributed by atoms with Crippen LogP contribution in [0.2, 0.25) is 0 Å². The molecule has 2 aromatic carbocycles. The molecule has 1 N–H and O–H groups in total. The van der Waals surface area contributed by atoms with Gasteiger partial charge in [0, 0.05) is 18.7 Å². The van der Waals surface area contributed by atoms with Gasteiger partial charge in [0.15, 0.2) is 0 Å². The van der Waals surface area contributed by atoms with Crippen molar-refractivity contribution in [3.8, 4) is 5.75 Å². The van der Waals surface area contributed by atoms with Gasteiger partial charge in [0.05, 0.1) is 26.2 Å². The highest BCUT2D eigenvalue weighted by Gasteiger charge is 2.31. The van der Waals surface area contributed by atoms with Crippen LogP contribution in [0.1, 0.15) is 48.1 Å². The number of carbonyl (C=O) groups excluding carboxylic acids is 2. The lowest BCUT2D eigenvalue weighted by atomic mass is 10.0. The number of esters is 1. The van der Waals surface area contributed by atoms with Gasteiger partial charge in [-0.25, -0.2) is 12.8 Å². The molecule has 1 fully saturated rings. The van der Waals surface area contributed by atoms with Crippen LogP contribution in [-0.4, -0.2) is 51.4 Å². The van der Waals surface area contributed by atoms with E-state index in [9.17, 15) is 22.4 Å². The molecule has 8 nitrogen and oxygen atoms in total. The topological polar surface area (TPSA) is 102 Å². The molecule has 0 aliphatic carbocycles. The second kappa shape index (κ2) is 10.8. The Bertz CT molecular complexity index is 1120. The molecular formula is C23H27FN2O6S. The first-order valence-electron chi connectivity index (χ1n) is 10.7. The maximum Gasteiger partial charge on any atom is 0.308 e. The van der Waals surface area contributed by atoms with E-state index in [1.54, 1.807) is 31.2 Å². The van der Waals surface area contributed by atoms with Crippen molar-refractivity contribution in [3.63, 3.8) is 0 Å². The summed E-state index contributed by atoms with van der Waals surface area (Å²) in [4.78, 5) is 24.6. The zero-order chi connectivity index (χ0) is 24.0. The Kier molecular flexibility index (Phi) is 8.04. The monoisotopic (exact) mass is 478 g/mol. The maximum atomic E-state index is 14.4. The Morgan fingerprint density at radius 3 is 2.55 bits per heavy atom. The molecule has 1 saturated heterocycles.